The van der Waals surface area contributed by atoms with Gasteiger partial charge in [-0.2, -0.15) is 0 Å². The standard InChI is InChI=1S/C12H19F2O5P/c1-5-10(3)17-7-12(8-18-11(4)6-2)9-19-20(13,14,15)16/h1-2,10-12,15-16H,7-9H2,3-4H3. The molecule has 8 heteroatoms. The van der Waals surface area contributed by atoms with Gasteiger partial charge >= 0.3 is 117 Å². The maximum absolute atomic E-state index is 12.6. The number of hydrogen-bond donors (Lipinski definition) is 2. The molecular formula is C12H19F2O5P. The number of hydrogen-bond acceptors (Lipinski definition) is 5. The van der Waals surface area contributed by atoms with Crippen molar-refractivity contribution in [3.63, 3.8) is 0 Å². The fraction of sp³-hybridized carbons (Fsp3) is 0.667. The van der Waals surface area contributed by atoms with Crippen LogP contribution in [0.3, 0.4) is 0 Å². The van der Waals surface area contributed by atoms with Gasteiger partial charge in [0.05, 0.1) is 0 Å². The van der Waals surface area contributed by atoms with Crippen LogP contribution in [0.1, 0.15) is 13.8 Å². The minimum absolute atomic E-state index is 0.0465. The summed E-state index contributed by atoms with van der Waals surface area (Å²) in [6, 6.07) is 0. The Bertz CT molecular complexity index is 349. The molecule has 20 heavy (non-hydrogen) atoms. The monoisotopic (exact) mass is 312 g/mol. The first-order chi connectivity index (χ1) is 9.03. The van der Waals surface area contributed by atoms with E-state index in [1.165, 1.54) is 0 Å². The summed E-state index contributed by atoms with van der Waals surface area (Å²) in [5, 5.41) is 0. The molecule has 2 unspecified atom stereocenters. The van der Waals surface area contributed by atoms with Crippen molar-refractivity contribution < 1.29 is 32.2 Å². The topological polar surface area (TPSA) is 68.2 Å². The Labute approximate surface area is 117 Å². The second-order valence-electron chi connectivity index (χ2n) is 4.20. The van der Waals surface area contributed by atoms with Gasteiger partial charge in [-0.25, -0.2) is 0 Å². The van der Waals surface area contributed by atoms with E-state index in [-0.39, 0.29) is 13.2 Å². The van der Waals surface area contributed by atoms with Crippen molar-refractivity contribution in [2.24, 2.45) is 5.92 Å². The fourth-order valence-corrected chi connectivity index (χ4v) is 1.49. The van der Waals surface area contributed by atoms with Crippen molar-refractivity contribution >= 4 is 7.91 Å². The summed E-state index contributed by atoms with van der Waals surface area (Å²) in [4.78, 5) is 16.7. The molecule has 0 spiro atoms. The second-order valence-corrected chi connectivity index (χ2v) is 5.98. The Balaban J connectivity index is 4.40. The molecule has 0 fully saturated rings. The molecule has 0 rings (SSSR count). The zero-order valence-electron chi connectivity index (χ0n) is 11.3. The normalized spacial score (nSPS) is 18.1. The van der Waals surface area contributed by atoms with Gasteiger partial charge in [-0.3, -0.25) is 0 Å². The van der Waals surface area contributed by atoms with E-state index in [9.17, 15) is 8.39 Å². The third-order valence-corrected chi connectivity index (χ3v) is 2.73. The third-order valence-electron chi connectivity index (χ3n) is 2.16. The van der Waals surface area contributed by atoms with Gasteiger partial charge < -0.3 is 0 Å². The molecule has 0 aromatic rings. The van der Waals surface area contributed by atoms with Crippen LogP contribution < -0.4 is 0 Å². The van der Waals surface area contributed by atoms with Gasteiger partial charge in [0, 0.05) is 0 Å². The summed E-state index contributed by atoms with van der Waals surface area (Å²) in [5.74, 6) is 3.93. The van der Waals surface area contributed by atoms with Crippen molar-refractivity contribution in [3.05, 3.63) is 0 Å². The molecule has 2 atom stereocenters. The molecule has 0 saturated carbocycles. The summed E-state index contributed by atoms with van der Waals surface area (Å²) in [6.45, 7) is 2.45. The van der Waals surface area contributed by atoms with Crippen LogP contribution in [0.2, 0.25) is 0 Å². The van der Waals surface area contributed by atoms with Gasteiger partial charge in [-0.15, -0.1) is 0 Å². The Morgan fingerprint density at radius 1 is 1.00 bits per heavy atom. The van der Waals surface area contributed by atoms with Gasteiger partial charge in [0.15, 0.2) is 0 Å². The number of ether oxygens (including phenoxy) is 2. The molecule has 0 bridgehead atoms. The predicted molar refractivity (Wildman–Crippen MR) is 71.5 cm³/mol. The van der Waals surface area contributed by atoms with Crippen molar-refractivity contribution in [3.8, 4) is 24.7 Å². The molecule has 0 aliphatic carbocycles. The molecule has 2 N–H and O–H groups in total. The van der Waals surface area contributed by atoms with Crippen LogP contribution in [0.4, 0.5) is 8.39 Å². The summed E-state index contributed by atoms with van der Waals surface area (Å²) in [6.07, 6.45) is 9.18. The van der Waals surface area contributed by atoms with Crippen LogP contribution in [0.5, 0.6) is 0 Å². The van der Waals surface area contributed by atoms with Crippen LogP contribution >= 0.6 is 7.91 Å². The van der Waals surface area contributed by atoms with Crippen molar-refractivity contribution in [2.75, 3.05) is 19.8 Å². The van der Waals surface area contributed by atoms with Crippen molar-refractivity contribution in [1.82, 2.24) is 0 Å². The molecule has 116 valence electrons. The van der Waals surface area contributed by atoms with Gasteiger partial charge in [0.1, 0.15) is 0 Å². The minimum atomic E-state index is -7.00. The van der Waals surface area contributed by atoms with E-state index in [0.29, 0.717) is 0 Å². The number of halogens is 2. The molecule has 0 heterocycles. The quantitative estimate of drug-likeness (QED) is 0.501. The molecular weight excluding hydrogens is 293 g/mol. The average Bonchev–Trinajstić information content (AvgIpc) is 2.34. The number of rotatable bonds is 9. The van der Waals surface area contributed by atoms with E-state index in [0.717, 1.165) is 0 Å². The van der Waals surface area contributed by atoms with Crippen molar-refractivity contribution in [1.29, 1.82) is 0 Å². The zero-order chi connectivity index (χ0) is 15.8. The molecule has 0 radical (unpaired) electrons. The molecule has 0 amide bonds. The van der Waals surface area contributed by atoms with Crippen LogP contribution in [-0.4, -0.2) is 41.8 Å². The Morgan fingerprint density at radius 2 is 1.40 bits per heavy atom. The molecule has 0 saturated heterocycles. The van der Waals surface area contributed by atoms with Crippen molar-refractivity contribution in [2.45, 2.75) is 26.1 Å². The Hall–Kier alpha value is -0.790. The van der Waals surface area contributed by atoms with Gasteiger partial charge in [0.25, 0.3) is 0 Å². The SMILES string of the molecule is C#CC(C)OCC(COC(C)C#C)COP(O)(O)(F)F. The van der Waals surface area contributed by atoms with E-state index in [1.807, 2.05) is 0 Å². The summed E-state index contributed by atoms with van der Waals surface area (Å²) < 4.78 is 39.4. The van der Waals surface area contributed by atoms with E-state index in [1.54, 1.807) is 13.8 Å². The first kappa shape index (κ1) is 19.2. The molecule has 0 aliphatic rings. The first-order valence-electron chi connectivity index (χ1n) is 5.79. The molecule has 5 nitrogen and oxygen atoms in total. The van der Waals surface area contributed by atoms with E-state index in [4.69, 9.17) is 32.1 Å². The van der Waals surface area contributed by atoms with Gasteiger partial charge in [0.2, 0.25) is 0 Å². The van der Waals surface area contributed by atoms with E-state index in [2.05, 4.69) is 16.4 Å². The summed E-state index contributed by atoms with van der Waals surface area (Å²) in [5.41, 5.74) is 0. The van der Waals surface area contributed by atoms with Gasteiger partial charge in [-0.1, -0.05) is 0 Å². The van der Waals surface area contributed by atoms with E-state index >= 15 is 0 Å². The Kier molecular flexibility index (Phi) is 7.54. The number of terminal acetylenes is 2. The average molecular weight is 312 g/mol. The fourth-order valence-electron chi connectivity index (χ4n) is 1.03. The van der Waals surface area contributed by atoms with Gasteiger partial charge in [-0.05, 0) is 0 Å². The van der Waals surface area contributed by atoms with Crippen LogP contribution in [-0.2, 0) is 14.0 Å². The molecule has 0 aromatic carbocycles. The summed E-state index contributed by atoms with van der Waals surface area (Å²) >= 11 is 0. The molecule has 0 aromatic heterocycles. The van der Waals surface area contributed by atoms with E-state index < -0.39 is 32.6 Å². The Morgan fingerprint density at radius 3 is 1.70 bits per heavy atom. The first-order valence-corrected chi connectivity index (χ1v) is 7.63. The zero-order valence-corrected chi connectivity index (χ0v) is 12.2. The molecule has 0 aliphatic heterocycles. The predicted octanol–water partition coefficient (Wildman–Crippen LogP) is 1.75. The van der Waals surface area contributed by atoms with Crippen LogP contribution in [0.25, 0.3) is 0 Å². The summed E-state index contributed by atoms with van der Waals surface area (Å²) in [7, 11) is -7.00. The second kappa shape index (κ2) is 7.85. The third kappa shape index (κ3) is 11.1. The van der Waals surface area contributed by atoms with Crippen LogP contribution in [0.15, 0.2) is 0 Å². The maximum atomic E-state index is 12.6. The van der Waals surface area contributed by atoms with Crippen LogP contribution in [0, 0.1) is 30.6 Å².